The lowest BCUT2D eigenvalue weighted by molar-refractivity contribution is -0.121. The van der Waals surface area contributed by atoms with Crippen molar-refractivity contribution in [3.63, 3.8) is 0 Å². The molecule has 2 amide bonds. The monoisotopic (exact) mass is 360 g/mol. The van der Waals surface area contributed by atoms with E-state index in [-0.39, 0.29) is 18.4 Å². The normalized spacial score (nSPS) is 10.0. The van der Waals surface area contributed by atoms with Crippen molar-refractivity contribution in [2.45, 2.75) is 13.8 Å². The Morgan fingerprint density at radius 2 is 2.06 bits per heavy atom. The molecule has 0 radical (unpaired) electrons. The second-order valence-corrected chi connectivity index (χ2v) is 5.01. The summed E-state index contributed by atoms with van der Waals surface area (Å²) in [5.74, 6) is -0.262. The van der Waals surface area contributed by atoms with E-state index < -0.39 is 0 Å². The number of rotatable bonds is 4. The van der Waals surface area contributed by atoms with Crippen LogP contribution < -0.4 is 5.32 Å². The fourth-order valence-corrected chi connectivity index (χ4v) is 2.15. The molecule has 0 atom stereocenters. The zero-order valence-corrected chi connectivity index (χ0v) is 12.9. The Labute approximate surface area is 121 Å². The van der Waals surface area contributed by atoms with Gasteiger partial charge in [-0.1, -0.05) is 12.1 Å². The van der Waals surface area contributed by atoms with E-state index >= 15 is 0 Å². The smallest absolute Gasteiger partial charge is 0.255 e. The third kappa shape index (κ3) is 3.44. The highest BCUT2D eigenvalue weighted by molar-refractivity contribution is 14.1. The van der Waals surface area contributed by atoms with Crippen molar-refractivity contribution in [1.29, 1.82) is 0 Å². The first-order chi connectivity index (χ1) is 8.51. The van der Waals surface area contributed by atoms with Crippen LogP contribution in [0.5, 0.6) is 0 Å². The first-order valence-corrected chi connectivity index (χ1v) is 6.84. The van der Waals surface area contributed by atoms with E-state index in [4.69, 9.17) is 0 Å². The number of hydrogen-bond acceptors (Lipinski definition) is 2. The first kappa shape index (κ1) is 14.9. The minimum Gasteiger partial charge on any atom is -0.358 e. The van der Waals surface area contributed by atoms with Gasteiger partial charge in [-0.05, 0) is 48.1 Å². The molecular formula is C13H17IN2O2. The topological polar surface area (TPSA) is 49.4 Å². The van der Waals surface area contributed by atoms with Gasteiger partial charge in [-0.25, -0.2) is 0 Å². The molecule has 1 rings (SSSR count). The van der Waals surface area contributed by atoms with Crippen LogP contribution in [-0.4, -0.2) is 36.9 Å². The predicted octanol–water partition coefficient (Wildman–Crippen LogP) is 1.81. The second-order valence-electron chi connectivity index (χ2n) is 3.93. The first-order valence-electron chi connectivity index (χ1n) is 5.76. The molecule has 0 saturated carbocycles. The number of nitrogens with zero attached hydrogens (tertiary/aromatic N) is 1. The van der Waals surface area contributed by atoms with E-state index in [0.717, 1.165) is 9.13 Å². The van der Waals surface area contributed by atoms with Crippen LogP contribution in [0.4, 0.5) is 0 Å². The zero-order chi connectivity index (χ0) is 13.7. The SMILES string of the molecule is CCN(CC(=O)NC)C(=O)c1cccc(C)c1I. The van der Waals surface area contributed by atoms with Crippen molar-refractivity contribution >= 4 is 34.4 Å². The fourth-order valence-electron chi connectivity index (χ4n) is 1.56. The molecular weight excluding hydrogens is 343 g/mol. The van der Waals surface area contributed by atoms with Crippen LogP contribution in [0.2, 0.25) is 0 Å². The predicted molar refractivity (Wildman–Crippen MR) is 79.5 cm³/mol. The zero-order valence-electron chi connectivity index (χ0n) is 10.8. The molecule has 0 unspecified atom stereocenters. The van der Waals surface area contributed by atoms with Gasteiger partial charge in [0, 0.05) is 17.2 Å². The van der Waals surface area contributed by atoms with Crippen molar-refractivity contribution in [3.8, 4) is 0 Å². The molecule has 0 heterocycles. The number of carbonyl (C=O) groups excluding carboxylic acids is 2. The van der Waals surface area contributed by atoms with E-state index in [1.54, 1.807) is 13.1 Å². The molecule has 0 aliphatic heterocycles. The van der Waals surface area contributed by atoms with Crippen molar-refractivity contribution in [3.05, 3.63) is 32.9 Å². The molecule has 1 aromatic carbocycles. The Morgan fingerprint density at radius 1 is 1.39 bits per heavy atom. The molecule has 98 valence electrons. The maximum Gasteiger partial charge on any atom is 0.255 e. The number of likely N-dealkylation sites (N-methyl/N-ethyl adjacent to an activating group) is 2. The molecule has 0 aromatic heterocycles. The van der Waals surface area contributed by atoms with Gasteiger partial charge in [-0.2, -0.15) is 0 Å². The van der Waals surface area contributed by atoms with Gasteiger partial charge in [-0.15, -0.1) is 0 Å². The van der Waals surface area contributed by atoms with Crippen LogP contribution in [0, 0.1) is 10.5 Å². The Kier molecular flexibility index (Phi) is 5.58. The van der Waals surface area contributed by atoms with Gasteiger partial charge in [0.1, 0.15) is 0 Å². The summed E-state index contributed by atoms with van der Waals surface area (Å²) in [5, 5.41) is 2.53. The maximum atomic E-state index is 12.3. The van der Waals surface area contributed by atoms with Gasteiger partial charge >= 0.3 is 0 Å². The summed E-state index contributed by atoms with van der Waals surface area (Å²) in [4.78, 5) is 25.2. The molecule has 5 heteroatoms. The number of hydrogen-bond donors (Lipinski definition) is 1. The fraction of sp³-hybridized carbons (Fsp3) is 0.385. The van der Waals surface area contributed by atoms with Crippen LogP contribution in [-0.2, 0) is 4.79 Å². The highest BCUT2D eigenvalue weighted by Crippen LogP contribution is 2.18. The van der Waals surface area contributed by atoms with E-state index in [0.29, 0.717) is 12.1 Å². The maximum absolute atomic E-state index is 12.3. The van der Waals surface area contributed by atoms with Gasteiger partial charge in [0.25, 0.3) is 5.91 Å². The number of aryl methyl sites for hydroxylation is 1. The Morgan fingerprint density at radius 3 is 2.61 bits per heavy atom. The van der Waals surface area contributed by atoms with Crippen LogP contribution in [0.1, 0.15) is 22.8 Å². The highest BCUT2D eigenvalue weighted by Gasteiger charge is 2.19. The molecule has 1 N–H and O–H groups in total. The van der Waals surface area contributed by atoms with Crippen molar-refractivity contribution in [1.82, 2.24) is 10.2 Å². The molecule has 0 fully saturated rings. The summed E-state index contributed by atoms with van der Waals surface area (Å²) in [5.41, 5.74) is 1.72. The van der Waals surface area contributed by atoms with E-state index in [1.807, 2.05) is 26.0 Å². The minimum absolute atomic E-state index is 0.0931. The van der Waals surface area contributed by atoms with Gasteiger partial charge in [0.2, 0.25) is 5.91 Å². The quantitative estimate of drug-likeness (QED) is 0.833. The van der Waals surface area contributed by atoms with Crippen LogP contribution in [0.25, 0.3) is 0 Å². The van der Waals surface area contributed by atoms with Crippen molar-refractivity contribution in [2.75, 3.05) is 20.1 Å². The molecule has 1 aromatic rings. The van der Waals surface area contributed by atoms with E-state index in [1.165, 1.54) is 4.90 Å². The van der Waals surface area contributed by atoms with Gasteiger partial charge in [0.15, 0.2) is 0 Å². The Bertz CT molecular complexity index is 460. The number of halogens is 1. The number of benzene rings is 1. The summed E-state index contributed by atoms with van der Waals surface area (Å²) in [6.45, 7) is 4.43. The van der Waals surface area contributed by atoms with Crippen LogP contribution in [0.3, 0.4) is 0 Å². The summed E-state index contributed by atoms with van der Waals surface area (Å²) in [6, 6.07) is 5.62. The molecule has 4 nitrogen and oxygen atoms in total. The second kappa shape index (κ2) is 6.72. The van der Waals surface area contributed by atoms with Crippen LogP contribution in [0.15, 0.2) is 18.2 Å². The lowest BCUT2D eigenvalue weighted by Gasteiger charge is -2.21. The summed E-state index contributed by atoms with van der Waals surface area (Å²) >= 11 is 2.16. The number of nitrogens with one attached hydrogen (secondary N) is 1. The third-order valence-electron chi connectivity index (χ3n) is 2.70. The number of amides is 2. The lowest BCUT2D eigenvalue weighted by atomic mass is 10.1. The van der Waals surface area contributed by atoms with Gasteiger partial charge < -0.3 is 10.2 Å². The molecule has 0 aliphatic rings. The molecule has 0 saturated heterocycles. The van der Waals surface area contributed by atoms with E-state index in [2.05, 4.69) is 27.9 Å². The molecule has 18 heavy (non-hydrogen) atoms. The average Bonchev–Trinajstić information content (AvgIpc) is 2.38. The largest absolute Gasteiger partial charge is 0.358 e. The summed E-state index contributed by atoms with van der Waals surface area (Å²) in [6.07, 6.45) is 0. The minimum atomic E-state index is -0.159. The standard InChI is InChI=1S/C13H17IN2O2/c1-4-16(8-11(17)15-3)13(18)10-7-5-6-9(2)12(10)14/h5-7H,4,8H2,1-3H3,(H,15,17). The van der Waals surface area contributed by atoms with Gasteiger partial charge in [0.05, 0.1) is 12.1 Å². The van der Waals surface area contributed by atoms with Crippen LogP contribution >= 0.6 is 22.6 Å². The highest BCUT2D eigenvalue weighted by atomic mass is 127. The van der Waals surface area contributed by atoms with Crippen molar-refractivity contribution in [2.24, 2.45) is 0 Å². The summed E-state index contributed by atoms with van der Waals surface area (Å²) < 4.78 is 0.940. The third-order valence-corrected chi connectivity index (χ3v) is 4.14. The van der Waals surface area contributed by atoms with E-state index in [9.17, 15) is 9.59 Å². The lowest BCUT2D eigenvalue weighted by Crippen LogP contribution is -2.39. The summed E-state index contributed by atoms with van der Waals surface area (Å²) in [7, 11) is 1.57. The van der Waals surface area contributed by atoms with Gasteiger partial charge in [-0.3, -0.25) is 9.59 Å². The molecule has 0 aliphatic carbocycles. The Hall–Kier alpha value is -1.11. The Balaban J connectivity index is 2.97. The molecule has 0 bridgehead atoms. The molecule has 0 spiro atoms. The number of carbonyl (C=O) groups is 2. The van der Waals surface area contributed by atoms with Crippen molar-refractivity contribution < 1.29 is 9.59 Å². The average molecular weight is 360 g/mol.